The fourth-order valence-electron chi connectivity index (χ4n) is 3.39. The second kappa shape index (κ2) is 13.8. The molecule has 0 bridgehead atoms. The van der Waals surface area contributed by atoms with Gasteiger partial charge in [0.1, 0.15) is 6.54 Å². The van der Waals surface area contributed by atoms with Crippen molar-refractivity contribution in [1.82, 2.24) is 20.9 Å². The summed E-state index contributed by atoms with van der Waals surface area (Å²) in [6, 6.07) is 11.5. The Balaban J connectivity index is 0.00000392. The Bertz CT molecular complexity index is 596. The molecule has 2 atom stereocenters. The smallest absolute Gasteiger partial charge is 0.241 e. The number of carbonyl (C=O) groups excluding carboxylic acids is 1. The maximum absolute atomic E-state index is 11.8. The highest BCUT2D eigenvalue weighted by Crippen LogP contribution is 2.19. The third-order valence-corrected chi connectivity index (χ3v) is 4.88. The molecule has 0 aliphatic carbocycles. The topological polar surface area (TPSA) is 68.8 Å². The minimum atomic E-state index is -0.0277. The fourth-order valence-corrected chi connectivity index (χ4v) is 3.39. The van der Waals surface area contributed by atoms with Crippen LogP contribution in [-0.4, -0.2) is 55.0 Å². The molecule has 1 aliphatic rings. The first kappa shape index (κ1) is 24.7. The number of hydrogen-bond acceptors (Lipinski definition) is 3. The second-order valence-corrected chi connectivity index (χ2v) is 7.22. The molecular weight excluding hydrogens is 465 g/mol. The van der Waals surface area contributed by atoms with Gasteiger partial charge in [-0.25, -0.2) is 4.99 Å². The first-order chi connectivity index (χ1) is 13.1. The number of amides is 1. The summed E-state index contributed by atoms with van der Waals surface area (Å²) in [5.41, 5.74) is 1.36. The molecule has 7 heteroatoms. The molecule has 1 fully saturated rings. The second-order valence-electron chi connectivity index (χ2n) is 7.22. The zero-order valence-corrected chi connectivity index (χ0v) is 19.7. The van der Waals surface area contributed by atoms with Crippen molar-refractivity contribution in [2.75, 3.05) is 26.2 Å². The molecule has 0 spiro atoms. The normalized spacial score (nSPS) is 20.2. The summed E-state index contributed by atoms with van der Waals surface area (Å²) in [6.07, 6.45) is 3.08. The Labute approximate surface area is 187 Å². The van der Waals surface area contributed by atoms with Gasteiger partial charge in [0.2, 0.25) is 5.91 Å². The van der Waals surface area contributed by atoms with E-state index in [1.54, 1.807) is 0 Å². The zero-order valence-electron chi connectivity index (χ0n) is 17.4. The van der Waals surface area contributed by atoms with E-state index in [0.29, 0.717) is 18.6 Å². The maximum atomic E-state index is 11.8. The van der Waals surface area contributed by atoms with Crippen LogP contribution in [0.3, 0.4) is 0 Å². The number of nitrogens with one attached hydrogen (secondary N) is 3. The molecule has 1 heterocycles. The number of aliphatic imine (C=N–C) groups is 1. The largest absolute Gasteiger partial charge is 0.357 e. The zero-order chi connectivity index (χ0) is 19.5. The average molecular weight is 501 g/mol. The number of piperidine rings is 1. The lowest BCUT2D eigenvalue weighted by molar-refractivity contribution is -0.119. The lowest BCUT2D eigenvalue weighted by atomic mass is 9.97. The van der Waals surface area contributed by atoms with Crippen LogP contribution in [0.25, 0.3) is 0 Å². The van der Waals surface area contributed by atoms with Gasteiger partial charge >= 0.3 is 0 Å². The van der Waals surface area contributed by atoms with E-state index in [-0.39, 0.29) is 36.4 Å². The number of nitrogens with zero attached hydrogens (tertiary/aromatic N) is 2. The van der Waals surface area contributed by atoms with Crippen molar-refractivity contribution in [3.05, 3.63) is 35.9 Å². The van der Waals surface area contributed by atoms with Crippen LogP contribution in [0.2, 0.25) is 0 Å². The van der Waals surface area contributed by atoms with Gasteiger partial charge in [-0.3, -0.25) is 9.69 Å². The maximum Gasteiger partial charge on any atom is 0.241 e. The number of guanidine groups is 1. The van der Waals surface area contributed by atoms with Gasteiger partial charge in [0.25, 0.3) is 0 Å². The Kier molecular flexibility index (Phi) is 12.1. The molecule has 1 aromatic rings. The minimum absolute atomic E-state index is 0. The first-order valence-electron chi connectivity index (χ1n) is 10.2. The van der Waals surface area contributed by atoms with E-state index in [9.17, 15) is 4.79 Å². The quantitative estimate of drug-likeness (QED) is 0.291. The van der Waals surface area contributed by atoms with Crippen molar-refractivity contribution < 1.29 is 4.79 Å². The van der Waals surface area contributed by atoms with Gasteiger partial charge in [-0.1, -0.05) is 37.3 Å². The Morgan fingerprint density at radius 2 is 1.96 bits per heavy atom. The number of halogens is 1. The molecule has 0 saturated carbocycles. The monoisotopic (exact) mass is 501 g/mol. The van der Waals surface area contributed by atoms with E-state index in [2.05, 4.69) is 63.1 Å². The third-order valence-electron chi connectivity index (χ3n) is 4.88. The minimum Gasteiger partial charge on any atom is -0.357 e. The molecule has 1 aromatic carbocycles. The highest BCUT2D eigenvalue weighted by Gasteiger charge is 2.26. The molecule has 1 saturated heterocycles. The number of benzene rings is 1. The number of hydrogen-bond donors (Lipinski definition) is 3. The van der Waals surface area contributed by atoms with Crippen molar-refractivity contribution in [1.29, 1.82) is 0 Å². The molecule has 0 aromatic heterocycles. The van der Waals surface area contributed by atoms with Gasteiger partial charge < -0.3 is 16.0 Å². The Morgan fingerprint density at radius 1 is 1.21 bits per heavy atom. The van der Waals surface area contributed by atoms with Gasteiger partial charge in [-0.2, -0.15) is 0 Å². The average Bonchev–Trinajstić information content (AvgIpc) is 2.67. The van der Waals surface area contributed by atoms with Gasteiger partial charge in [0.15, 0.2) is 5.96 Å². The fraction of sp³-hybridized carbons (Fsp3) is 0.619. The van der Waals surface area contributed by atoms with E-state index in [1.807, 2.05) is 13.8 Å². The predicted molar refractivity (Wildman–Crippen MR) is 127 cm³/mol. The van der Waals surface area contributed by atoms with E-state index in [4.69, 9.17) is 0 Å². The predicted octanol–water partition coefficient (Wildman–Crippen LogP) is 2.74. The van der Waals surface area contributed by atoms with E-state index in [1.165, 1.54) is 5.56 Å². The lowest BCUT2D eigenvalue weighted by Crippen LogP contribution is -2.51. The molecule has 0 radical (unpaired) electrons. The van der Waals surface area contributed by atoms with Crippen LogP contribution in [0, 0.1) is 0 Å². The van der Waals surface area contributed by atoms with E-state index in [0.717, 1.165) is 44.9 Å². The Morgan fingerprint density at radius 3 is 2.61 bits per heavy atom. The van der Waals surface area contributed by atoms with Crippen LogP contribution in [0.4, 0.5) is 0 Å². The van der Waals surface area contributed by atoms with Gasteiger partial charge in [0, 0.05) is 38.3 Å². The van der Waals surface area contributed by atoms with Gasteiger partial charge in [-0.15, -0.1) is 24.0 Å². The summed E-state index contributed by atoms with van der Waals surface area (Å²) in [7, 11) is 0. The van der Waals surface area contributed by atoms with E-state index >= 15 is 0 Å². The van der Waals surface area contributed by atoms with Gasteiger partial charge in [0.05, 0.1) is 0 Å². The molecule has 6 nitrogen and oxygen atoms in total. The molecule has 1 amide bonds. The Hall–Kier alpha value is -1.35. The lowest BCUT2D eigenvalue weighted by Gasteiger charge is -2.38. The van der Waals surface area contributed by atoms with Crippen molar-refractivity contribution in [2.45, 2.75) is 58.7 Å². The van der Waals surface area contributed by atoms with Gasteiger partial charge in [-0.05, 0) is 38.7 Å². The standard InChI is InChI=1S/C21H35N5O.HI/c1-4-12-23-20(27)15-24-21(22-5-2)25-19-11-13-26(17(3)14-19)16-18-9-7-6-8-10-18;/h6-10,17,19H,4-5,11-16H2,1-3H3,(H,23,27)(H2,22,24,25);1H. The van der Waals surface area contributed by atoms with Crippen LogP contribution in [0.1, 0.15) is 45.6 Å². The van der Waals surface area contributed by atoms with Crippen LogP contribution in [0.5, 0.6) is 0 Å². The number of likely N-dealkylation sites (tertiary alicyclic amines) is 1. The highest BCUT2D eigenvalue weighted by molar-refractivity contribution is 14.0. The highest BCUT2D eigenvalue weighted by atomic mass is 127. The summed E-state index contributed by atoms with van der Waals surface area (Å²) in [4.78, 5) is 18.8. The van der Waals surface area contributed by atoms with E-state index < -0.39 is 0 Å². The van der Waals surface area contributed by atoms with Crippen LogP contribution < -0.4 is 16.0 Å². The van der Waals surface area contributed by atoms with Crippen molar-refractivity contribution in [3.63, 3.8) is 0 Å². The van der Waals surface area contributed by atoms with Crippen LogP contribution >= 0.6 is 24.0 Å². The molecule has 2 rings (SSSR count). The first-order valence-corrected chi connectivity index (χ1v) is 10.2. The van der Waals surface area contributed by atoms with Crippen molar-refractivity contribution >= 4 is 35.8 Å². The summed E-state index contributed by atoms with van der Waals surface area (Å²) in [5, 5.41) is 9.63. The molecular formula is C21H36IN5O. The summed E-state index contributed by atoms with van der Waals surface area (Å²) in [6.45, 7) is 10.1. The van der Waals surface area contributed by atoms with Crippen LogP contribution in [-0.2, 0) is 11.3 Å². The number of rotatable bonds is 8. The van der Waals surface area contributed by atoms with Crippen molar-refractivity contribution in [3.8, 4) is 0 Å². The molecule has 28 heavy (non-hydrogen) atoms. The number of carbonyl (C=O) groups is 1. The SMILES string of the molecule is CCCNC(=O)CN=C(NCC)NC1CCN(Cc2ccccc2)C(C)C1.I. The van der Waals surface area contributed by atoms with Crippen LogP contribution in [0.15, 0.2) is 35.3 Å². The summed E-state index contributed by atoms with van der Waals surface area (Å²) >= 11 is 0. The van der Waals surface area contributed by atoms with Crippen molar-refractivity contribution in [2.24, 2.45) is 4.99 Å². The molecule has 1 aliphatic heterocycles. The summed E-state index contributed by atoms with van der Waals surface area (Å²) in [5.74, 6) is 0.706. The third kappa shape index (κ3) is 8.77. The summed E-state index contributed by atoms with van der Waals surface area (Å²) < 4.78 is 0. The molecule has 2 unspecified atom stereocenters. The molecule has 3 N–H and O–H groups in total. The molecule has 158 valence electrons.